The number of rotatable bonds is 9. The van der Waals surface area contributed by atoms with Gasteiger partial charge in [-0.3, -0.25) is 4.79 Å². The number of ether oxygens (including phenoxy) is 4. The van der Waals surface area contributed by atoms with E-state index in [1.54, 1.807) is 18.1 Å². The van der Waals surface area contributed by atoms with E-state index >= 15 is 0 Å². The fourth-order valence-electron chi connectivity index (χ4n) is 2.96. The Morgan fingerprint density at radius 1 is 1.00 bits per heavy atom. The number of benzene rings is 2. The van der Waals surface area contributed by atoms with E-state index in [0.29, 0.717) is 36.4 Å². The molecule has 0 aromatic heterocycles. The molecule has 0 atom stereocenters. The van der Waals surface area contributed by atoms with E-state index in [9.17, 15) is 9.90 Å². The number of nitrogens with zero attached hydrogens (tertiary/aromatic N) is 1. The van der Waals surface area contributed by atoms with Crippen molar-refractivity contribution in [1.82, 2.24) is 4.90 Å². The highest BCUT2D eigenvalue weighted by molar-refractivity contribution is 5.99. The standard InChI is InChI=1S/C20H23NO6/c1-24-12-26-15-5-3-14(4-6-15)7-8-21-11-18-17(20(21)23)9-16(10-19(18)22)27-13-25-2/h3-6,9-10,22H,7-8,11-13H2,1-2H3. The summed E-state index contributed by atoms with van der Waals surface area (Å²) in [6.45, 7) is 1.21. The summed E-state index contributed by atoms with van der Waals surface area (Å²) in [5.74, 6) is 1.10. The fraction of sp³-hybridized carbons (Fsp3) is 0.350. The monoisotopic (exact) mass is 373 g/mol. The minimum absolute atomic E-state index is 0.0558. The van der Waals surface area contributed by atoms with Crippen molar-refractivity contribution < 1.29 is 28.8 Å². The van der Waals surface area contributed by atoms with Crippen LogP contribution in [0.2, 0.25) is 0 Å². The molecule has 0 radical (unpaired) electrons. The zero-order chi connectivity index (χ0) is 19.2. The van der Waals surface area contributed by atoms with Crippen LogP contribution in [0.15, 0.2) is 36.4 Å². The van der Waals surface area contributed by atoms with Gasteiger partial charge in [-0.25, -0.2) is 0 Å². The molecule has 1 amide bonds. The molecule has 0 saturated carbocycles. The summed E-state index contributed by atoms with van der Waals surface area (Å²) in [4.78, 5) is 14.4. The van der Waals surface area contributed by atoms with Crippen LogP contribution in [0.5, 0.6) is 17.2 Å². The van der Waals surface area contributed by atoms with Gasteiger partial charge in [-0.1, -0.05) is 12.1 Å². The molecule has 1 heterocycles. The Morgan fingerprint density at radius 2 is 1.67 bits per heavy atom. The lowest BCUT2D eigenvalue weighted by molar-refractivity contribution is 0.0508. The molecule has 0 fully saturated rings. The molecule has 2 aromatic carbocycles. The van der Waals surface area contributed by atoms with Gasteiger partial charge in [0, 0.05) is 32.4 Å². The van der Waals surface area contributed by atoms with Gasteiger partial charge >= 0.3 is 0 Å². The van der Waals surface area contributed by atoms with Crippen LogP contribution in [-0.2, 0) is 22.4 Å². The van der Waals surface area contributed by atoms with Crippen LogP contribution in [0.1, 0.15) is 21.5 Å². The Kier molecular flexibility index (Phi) is 6.16. The Bertz CT molecular complexity index is 790. The van der Waals surface area contributed by atoms with Gasteiger partial charge in [-0.2, -0.15) is 0 Å². The summed E-state index contributed by atoms with van der Waals surface area (Å²) in [5, 5.41) is 10.2. The summed E-state index contributed by atoms with van der Waals surface area (Å²) in [6, 6.07) is 10.8. The van der Waals surface area contributed by atoms with Crippen molar-refractivity contribution in [2.24, 2.45) is 0 Å². The maximum atomic E-state index is 12.7. The summed E-state index contributed by atoms with van der Waals surface area (Å²) >= 11 is 0. The number of hydrogen-bond donors (Lipinski definition) is 1. The van der Waals surface area contributed by atoms with Gasteiger partial charge < -0.3 is 29.0 Å². The third-order valence-corrected chi connectivity index (χ3v) is 4.35. The van der Waals surface area contributed by atoms with E-state index in [1.807, 2.05) is 24.3 Å². The maximum absolute atomic E-state index is 12.7. The van der Waals surface area contributed by atoms with Crippen molar-refractivity contribution in [2.45, 2.75) is 13.0 Å². The summed E-state index contributed by atoms with van der Waals surface area (Å²) in [5.41, 5.74) is 2.20. The number of hydrogen-bond acceptors (Lipinski definition) is 6. The van der Waals surface area contributed by atoms with Crippen molar-refractivity contribution in [2.75, 3.05) is 34.4 Å². The van der Waals surface area contributed by atoms with Gasteiger partial charge in [-0.15, -0.1) is 0 Å². The molecule has 3 rings (SSSR count). The molecule has 0 bridgehead atoms. The van der Waals surface area contributed by atoms with Crippen LogP contribution in [0.25, 0.3) is 0 Å². The molecular formula is C20H23NO6. The van der Waals surface area contributed by atoms with Crippen LogP contribution < -0.4 is 9.47 Å². The van der Waals surface area contributed by atoms with Gasteiger partial charge in [0.2, 0.25) is 0 Å². The van der Waals surface area contributed by atoms with Crippen molar-refractivity contribution >= 4 is 5.91 Å². The van der Waals surface area contributed by atoms with Crippen molar-refractivity contribution in [3.8, 4) is 17.2 Å². The molecule has 0 saturated heterocycles. The van der Waals surface area contributed by atoms with E-state index in [4.69, 9.17) is 18.9 Å². The largest absolute Gasteiger partial charge is 0.507 e. The molecule has 0 aliphatic carbocycles. The number of fused-ring (bicyclic) bond motifs is 1. The first kappa shape index (κ1) is 19.0. The van der Waals surface area contributed by atoms with Gasteiger partial charge in [0.15, 0.2) is 13.6 Å². The number of carbonyl (C=O) groups is 1. The number of amides is 1. The molecule has 1 aliphatic rings. The molecule has 7 nitrogen and oxygen atoms in total. The van der Waals surface area contributed by atoms with Gasteiger partial charge in [0.25, 0.3) is 5.91 Å². The molecule has 144 valence electrons. The minimum atomic E-state index is -0.108. The number of aromatic hydroxyl groups is 1. The first-order valence-electron chi connectivity index (χ1n) is 8.60. The van der Waals surface area contributed by atoms with E-state index in [2.05, 4.69) is 0 Å². The Hall–Kier alpha value is -2.77. The van der Waals surface area contributed by atoms with Gasteiger partial charge in [-0.05, 0) is 30.2 Å². The Balaban J connectivity index is 1.62. The summed E-state index contributed by atoms with van der Waals surface area (Å²) in [7, 11) is 3.08. The third kappa shape index (κ3) is 4.50. The van der Waals surface area contributed by atoms with Crippen molar-refractivity contribution in [3.63, 3.8) is 0 Å². The normalized spacial score (nSPS) is 13.0. The van der Waals surface area contributed by atoms with Crippen LogP contribution in [0, 0.1) is 0 Å². The maximum Gasteiger partial charge on any atom is 0.254 e. The highest BCUT2D eigenvalue weighted by Gasteiger charge is 2.30. The smallest absolute Gasteiger partial charge is 0.254 e. The number of methoxy groups -OCH3 is 2. The first-order valence-corrected chi connectivity index (χ1v) is 8.60. The lowest BCUT2D eigenvalue weighted by atomic mass is 10.1. The average Bonchev–Trinajstić information content (AvgIpc) is 3.00. The SMILES string of the molecule is COCOc1ccc(CCN2Cc3c(O)cc(OCOC)cc3C2=O)cc1. The van der Waals surface area contributed by atoms with Crippen LogP contribution in [0.3, 0.4) is 0 Å². The van der Waals surface area contributed by atoms with E-state index < -0.39 is 0 Å². The van der Waals surface area contributed by atoms with Gasteiger partial charge in [0.05, 0.1) is 12.1 Å². The zero-order valence-corrected chi connectivity index (χ0v) is 15.4. The molecule has 2 aromatic rings. The second-order valence-corrected chi connectivity index (χ2v) is 6.19. The van der Waals surface area contributed by atoms with E-state index in [0.717, 1.165) is 11.3 Å². The van der Waals surface area contributed by atoms with E-state index in [1.165, 1.54) is 13.2 Å². The van der Waals surface area contributed by atoms with Crippen LogP contribution >= 0.6 is 0 Å². The van der Waals surface area contributed by atoms with Crippen LogP contribution in [-0.4, -0.2) is 50.3 Å². The van der Waals surface area contributed by atoms with Crippen LogP contribution in [0.4, 0.5) is 0 Å². The Morgan fingerprint density at radius 3 is 2.33 bits per heavy atom. The quantitative estimate of drug-likeness (QED) is 0.681. The predicted molar refractivity (Wildman–Crippen MR) is 98.0 cm³/mol. The molecule has 1 aliphatic heterocycles. The zero-order valence-electron chi connectivity index (χ0n) is 15.4. The number of phenolic OH excluding ortho intramolecular Hbond substituents is 1. The number of carbonyl (C=O) groups excluding carboxylic acids is 1. The molecule has 1 N–H and O–H groups in total. The molecule has 27 heavy (non-hydrogen) atoms. The van der Waals surface area contributed by atoms with Crippen molar-refractivity contribution in [3.05, 3.63) is 53.1 Å². The Labute approximate surface area is 158 Å². The average molecular weight is 373 g/mol. The second kappa shape index (κ2) is 8.75. The highest BCUT2D eigenvalue weighted by Crippen LogP contribution is 2.34. The van der Waals surface area contributed by atoms with Crippen molar-refractivity contribution in [1.29, 1.82) is 0 Å². The van der Waals surface area contributed by atoms with E-state index in [-0.39, 0.29) is 25.2 Å². The fourth-order valence-corrected chi connectivity index (χ4v) is 2.96. The summed E-state index contributed by atoms with van der Waals surface area (Å²) in [6.07, 6.45) is 0.706. The molecule has 7 heteroatoms. The predicted octanol–water partition coefficient (Wildman–Crippen LogP) is 2.56. The minimum Gasteiger partial charge on any atom is -0.507 e. The molecule has 0 spiro atoms. The lowest BCUT2D eigenvalue weighted by Gasteiger charge is -2.15. The third-order valence-electron chi connectivity index (χ3n) is 4.35. The molecule has 0 unspecified atom stereocenters. The summed E-state index contributed by atoms with van der Waals surface area (Å²) < 4.78 is 20.4. The topological polar surface area (TPSA) is 77.5 Å². The lowest BCUT2D eigenvalue weighted by Crippen LogP contribution is -2.26. The highest BCUT2D eigenvalue weighted by atomic mass is 16.7. The van der Waals surface area contributed by atoms with Gasteiger partial charge in [0.1, 0.15) is 17.2 Å². The number of phenols is 1. The first-order chi connectivity index (χ1) is 13.1. The second-order valence-electron chi connectivity index (χ2n) is 6.19. The molecular weight excluding hydrogens is 350 g/mol.